The van der Waals surface area contributed by atoms with Crippen LogP contribution in [0.3, 0.4) is 0 Å². The highest BCUT2D eigenvalue weighted by Gasteiger charge is 2.20. The minimum atomic E-state index is 0.746. The van der Waals surface area contributed by atoms with Crippen molar-refractivity contribution in [3.8, 4) is 11.1 Å². The highest BCUT2D eigenvalue weighted by Crippen LogP contribution is 2.37. The number of rotatable bonds is 6. The van der Waals surface area contributed by atoms with Crippen LogP contribution in [-0.4, -0.2) is 6.54 Å². The van der Waals surface area contributed by atoms with Crippen molar-refractivity contribution in [2.75, 3.05) is 11.9 Å². The maximum Gasteiger partial charge on any atom is 0.0340 e. The molecule has 1 saturated carbocycles. The van der Waals surface area contributed by atoms with Crippen LogP contribution >= 0.6 is 0 Å². The van der Waals surface area contributed by atoms with Gasteiger partial charge in [-0.05, 0) is 79.7 Å². The molecule has 0 atom stereocenters. The highest BCUT2D eigenvalue weighted by atomic mass is 14.9. The van der Waals surface area contributed by atoms with Crippen LogP contribution in [-0.2, 0) is 0 Å². The van der Waals surface area contributed by atoms with Crippen molar-refractivity contribution in [1.29, 1.82) is 0 Å². The maximum absolute atomic E-state index is 3.43. The summed E-state index contributed by atoms with van der Waals surface area (Å²) in [4.78, 5) is 0. The zero-order chi connectivity index (χ0) is 17.5. The minimum Gasteiger partial charge on any atom is -0.385 e. The fraction of sp³-hybridized carbons (Fsp3) is 0.417. The number of allylic oxidation sites excluding steroid dienone is 2. The van der Waals surface area contributed by atoms with E-state index in [9.17, 15) is 0 Å². The molecule has 0 saturated heterocycles. The van der Waals surface area contributed by atoms with Gasteiger partial charge in [0.25, 0.3) is 0 Å². The Morgan fingerprint density at radius 1 is 0.880 bits per heavy atom. The fourth-order valence-corrected chi connectivity index (χ4v) is 3.91. The Kier molecular flexibility index (Phi) is 6.33. The molecule has 3 rings (SSSR count). The lowest BCUT2D eigenvalue weighted by molar-refractivity contribution is 0.376. The van der Waals surface area contributed by atoms with Crippen molar-refractivity contribution < 1.29 is 0 Å². The van der Waals surface area contributed by atoms with E-state index in [-0.39, 0.29) is 0 Å². The SMILES string of the molecule is C/C=C/C1CCC(c2ccc(-c3ccc(NCCC)cc3)cc2)CC1. The van der Waals surface area contributed by atoms with Crippen LogP contribution in [0.15, 0.2) is 60.7 Å². The van der Waals surface area contributed by atoms with Gasteiger partial charge in [0.15, 0.2) is 0 Å². The lowest BCUT2D eigenvalue weighted by atomic mass is 9.78. The number of nitrogens with one attached hydrogen (secondary N) is 1. The lowest BCUT2D eigenvalue weighted by Gasteiger charge is -2.27. The molecule has 0 radical (unpaired) electrons. The Bertz CT molecular complexity index is 658. The summed E-state index contributed by atoms with van der Waals surface area (Å²) in [6, 6.07) is 18.1. The molecule has 1 nitrogen and oxygen atoms in total. The van der Waals surface area contributed by atoms with Gasteiger partial charge in [-0.15, -0.1) is 0 Å². The Labute approximate surface area is 153 Å². The first-order valence-electron chi connectivity index (χ1n) is 9.87. The van der Waals surface area contributed by atoms with Gasteiger partial charge in [-0.2, -0.15) is 0 Å². The summed E-state index contributed by atoms with van der Waals surface area (Å²) >= 11 is 0. The van der Waals surface area contributed by atoms with Crippen LogP contribution in [0.4, 0.5) is 5.69 Å². The average Bonchev–Trinajstić information content (AvgIpc) is 2.68. The van der Waals surface area contributed by atoms with E-state index in [0.29, 0.717) is 0 Å². The zero-order valence-corrected chi connectivity index (χ0v) is 15.7. The number of hydrogen-bond acceptors (Lipinski definition) is 1. The van der Waals surface area contributed by atoms with Crippen molar-refractivity contribution in [3.05, 3.63) is 66.2 Å². The Balaban J connectivity index is 1.62. The Morgan fingerprint density at radius 3 is 2.04 bits per heavy atom. The molecule has 132 valence electrons. The number of hydrogen-bond donors (Lipinski definition) is 1. The summed E-state index contributed by atoms with van der Waals surface area (Å²) in [5.74, 6) is 1.55. The number of benzene rings is 2. The van der Waals surface area contributed by atoms with Gasteiger partial charge in [0.05, 0.1) is 0 Å². The Morgan fingerprint density at radius 2 is 1.48 bits per heavy atom. The van der Waals surface area contributed by atoms with Gasteiger partial charge in [0, 0.05) is 12.2 Å². The molecule has 0 spiro atoms. The van der Waals surface area contributed by atoms with Crippen LogP contribution in [0.1, 0.15) is 57.4 Å². The summed E-state index contributed by atoms with van der Waals surface area (Å²) in [5.41, 5.74) is 5.34. The topological polar surface area (TPSA) is 12.0 Å². The second kappa shape index (κ2) is 8.89. The molecule has 1 fully saturated rings. The molecule has 1 aliphatic carbocycles. The first-order valence-corrected chi connectivity index (χ1v) is 9.87. The smallest absolute Gasteiger partial charge is 0.0340 e. The predicted octanol–water partition coefficient (Wildman–Crippen LogP) is 7.03. The van der Waals surface area contributed by atoms with Gasteiger partial charge in [-0.3, -0.25) is 0 Å². The molecule has 1 aliphatic rings. The van der Waals surface area contributed by atoms with Crippen LogP contribution in [0.25, 0.3) is 11.1 Å². The molecule has 0 amide bonds. The van der Waals surface area contributed by atoms with Gasteiger partial charge < -0.3 is 5.32 Å². The first kappa shape index (κ1) is 17.8. The molecule has 1 N–H and O–H groups in total. The van der Waals surface area contributed by atoms with E-state index in [1.807, 2.05) is 0 Å². The molecule has 0 heterocycles. The predicted molar refractivity (Wildman–Crippen MR) is 110 cm³/mol. The quantitative estimate of drug-likeness (QED) is 0.560. The minimum absolute atomic E-state index is 0.746. The lowest BCUT2D eigenvalue weighted by Crippen LogP contribution is -2.11. The molecule has 1 heteroatoms. The Hall–Kier alpha value is -2.02. The molecule has 25 heavy (non-hydrogen) atoms. The second-order valence-electron chi connectivity index (χ2n) is 7.26. The standard InChI is InChI=1S/C24H31N/c1-3-5-19-6-8-20(9-7-19)21-10-12-22(13-11-21)23-14-16-24(17-15-23)25-18-4-2/h3,5,10-17,19-20,25H,4,6-9,18H2,1-2H3/b5-3+. The van der Waals surface area contributed by atoms with Gasteiger partial charge in [-0.25, -0.2) is 0 Å². The maximum atomic E-state index is 3.43. The third-order valence-corrected chi connectivity index (χ3v) is 5.42. The largest absolute Gasteiger partial charge is 0.385 e. The monoisotopic (exact) mass is 333 g/mol. The average molecular weight is 334 g/mol. The molecule has 0 bridgehead atoms. The van der Waals surface area contributed by atoms with Crippen molar-refractivity contribution in [2.24, 2.45) is 5.92 Å². The highest BCUT2D eigenvalue weighted by molar-refractivity contribution is 5.66. The van der Waals surface area contributed by atoms with E-state index < -0.39 is 0 Å². The molecule has 0 unspecified atom stereocenters. The molecular weight excluding hydrogens is 302 g/mol. The third-order valence-electron chi connectivity index (χ3n) is 5.42. The van der Waals surface area contributed by atoms with E-state index in [1.54, 1.807) is 0 Å². The van der Waals surface area contributed by atoms with Gasteiger partial charge in [0.1, 0.15) is 0 Å². The first-order chi connectivity index (χ1) is 12.3. The van der Waals surface area contributed by atoms with E-state index in [2.05, 4.69) is 79.8 Å². The van der Waals surface area contributed by atoms with Crippen molar-refractivity contribution in [3.63, 3.8) is 0 Å². The van der Waals surface area contributed by atoms with Crippen LogP contribution in [0.2, 0.25) is 0 Å². The zero-order valence-electron chi connectivity index (χ0n) is 15.7. The van der Waals surface area contributed by atoms with E-state index >= 15 is 0 Å². The van der Waals surface area contributed by atoms with E-state index in [4.69, 9.17) is 0 Å². The summed E-state index contributed by atoms with van der Waals surface area (Å²) in [7, 11) is 0. The van der Waals surface area contributed by atoms with E-state index in [0.717, 1.165) is 24.8 Å². The molecule has 0 aliphatic heterocycles. The third kappa shape index (κ3) is 4.75. The van der Waals surface area contributed by atoms with Gasteiger partial charge >= 0.3 is 0 Å². The van der Waals surface area contributed by atoms with E-state index in [1.165, 1.54) is 48.1 Å². The second-order valence-corrected chi connectivity index (χ2v) is 7.26. The molecule has 2 aromatic rings. The number of anilines is 1. The van der Waals surface area contributed by atoms with Crippen molar-refractivity contribution >= 4 is 5.69 Å². The summed E-state index contributed by atoms with van der Waals surface area (Å²) < 4.78 is 0. The van der Waals surface area contributed by atoms with Crippen LogP contribution < -0.4 is 5.32 Å². The van der Waals surface area contributed by atoms with Crippen LogP contribution in [0.5, 0.6) is 0 Å². The van der Waals surface area contributed by atoms with Gasteiger partial charge in [0.2, 0.25) is 0 Å². The van der Waals surface area contributed by atoms with Crippen molar-refractivity contribution in [2.45, 2.75) is 51.9 Å². The van der Waals surface area contributed by atoms with Crippen LogP contribution in [0, 0.1) is 5.92 Å². The van der Waals surface area contributed by atoms with Gasteiger partial charge in [-0.1, -0.05) is 55.5 Å². The summed E-state index contributed by atoms with van der Waals surface area (Å²) in [5, 5.41) is 3.43. The molecule has 2 aromatic carbocycles. The summed E-state index contributed by atoms with van der Waals surface area (Å²) in [6.45, 7) is 5.36. The van der Waals surface area contributed by atoms with Crippen molar-refractivity contribution in [1.82, 2.24) is 0 Å². The normalized spacial score (nSPS) is 20.7. The molecular formula is C24H31N. The fourth-order valence-electron chi connectivity index (χ4n) is 3.91. The summed E-state index contributed by atoms with van der Waals surface area (Å²) in [6.07, 6.45) is 11.1. The molecule has 0 aromatic heterocycles.